The number of rotatable bonds is 7. The van der Waals surface area contributed by atoms with E-state index in [1.165, 1.54) is 31.9 Å². The van der Waals surface area contributed by atoms with Crippen molar-refractivity contribution < 1.29 is 37.0 Å². The lowest BCUT2D eigenvalue weighted by Crippen LogP contribution is -2.43. The van der Waals surface area contributed by atoms with Crippen LogP contribution in [0, 0.1) is 11.3 Å². The Balaban J connectivity index is 1.66. The SMILES string of the molecule is COc1ccc(Nc2ccccc2CN2C(=O)N(c3ccc(C#N)c(C(F)(F)F)c3)C(=O)C2(C)C)cc1C(=O)OC(C)(C)C. The first-order valence-corrected chi connectivity index (χ1v) is 13.5. The molecule has 1 saturated heterocycles. The van der Waals surface area contributed by atoms with Crippen molar-refractivity contribution in [2.24, 2.45) is 0 Å². The Morgan fingerprint density at radius 1 is 1.02 bits per heavy atom. The van der Waals surface area contributed by atoms with E-state index in [1.54, 1.807) is 63.2 Å². The van der Waals surface area contributed by atoms with E-state index in [1.807, 2.05) is 0 Å². The lowest BCUT2D eigenvalue weighted by molar-refractivity contribution is -0.137. The third-order valence-corrected chi connectivity index (χ3v) is 6.95. The zero-order chi connectivity index (χ0) is 32.6. The number of nitrogens with one attached hydrogen (secondary N) is 1. The number of methoxy groups -OCH3 is 1. The lowest BCUT2D eigenvalue weighted by atomic mass is 10.0. The molecule has 1 heterocycles. The molecule has 1 fully saturated rings. The Morgan fingerprint density at radius 2 is 1.70 bits per heavy atom. The predicted molar refractivity (Wildman–Crippen MR) is 157 cm³/mol. The first-order valence-electron chi connectivity index (χ1n) is 13.5. The number of esters is 1. The first kappa shape index (κ1) is 31.9. The van der Waals surface area contributed by atoms with Crippen molar-refractivity contribution in [3.8, 4) is 11.8 Å². The molecule has 0 unspecified atom stereocenters. The molecule has 3 amide bonds. The molecule has 44 heavy (non-hydrogen) atoms. The van der Waals surface area contributed by atoms with Gasteiger partial charge in [0.05, 0.1) is 36.5 Å². The number of carbonyl (C=O) groups is 3. The fourth-order valence-electron chi connectivity index (χ4n) is 4.72. The van der Waals surface area contributed by atoms with Crippen LogP contribution in [-0.4, -0.2) is 41.1 Å². The van der Waals surface area contributed by atoms with Gasteiger partial charge in [0.15, 0.2) is 0 Å². The van der Waals surface area contributed by atoms with Crippen LogP contribution in [0.2, 0.25) is 0 Å². The highest BCUT2D eigenvalue weighted by molar-refractivity contribution is 6.23. The maximum absolute atomic E-state index is 13.6. The van der Waals surface area contributed by atoms with Gasteiger partial charge < -0.3 is 19.7 Å². The van der Waals surface area contributed by atoms with E-state index in [2.05, 4.69) is 5.32 Å². The molecule has 4 rings (SSSR count). The number of nitrogens with zero attached hydrogens (tertiary/aromatic N) is 3. The van der Waals surface area contributed by atoms with Crippen molar-refractivity contribution >= 4 is 35.0 Å². The average molecular weight is 609 g/mol. The molecule has 1 aliphatic heterocycles. The molecule has 1 aliphatic rings. The van der Waals surface area contributed by atoms with Crippen molar-refractivity contribution in [3.63, 3.8) is 0 Å². The second-order valence-electron chi connectivity index (χ2n) is 11.6. The van der Waals surface area contributed by atoms with E-state index in [-0.39, 0.29) is 17.8 Å². The third-order valence-electron chi connectivity index (χ3n) is 6.95. The van der Waals surface area contributed by atoms with Crippen molar-refractivity contribution in [3.05, 3.63) is 82.9 Å². The maximum Gasteiger partial charge on any atom is 0.417 e. The number of urea groups is 1. The Bertz CT molecular complexity index is 1670. The van der Waals surface area contributed by atoms with Gasteiger partial charge in [0.25, 0.3) is 5.91 Å². The number of benzene rings is 3. The van der Waals surface area contributed by atoms with Crippen LogP contribution in [-0.2, 0) is 22.3 Å². The van der Waals surface area contributed by atoms with Crippen LogP contribution in [0.25, 0.3) is 0 Å². The number of imide groups is 1. The van der Waals surface area contributed by atoms with E-state index in [4.69, 9.17) is 14.7 Å². The highest BCUT2D eigenvalue weighted by Crippen LogP contribution is 2.39. The molecule has 0 atom stereocenters. The normalized spacial score (nSPS) is 14.8. The summed E-state index contributed by atoms with van der Waals surface area (Å²) < 4.78 is 51.7. The van der Waals surface area contributed by atoms with Crippen LogP contribution < -0.4 is 15.0 Å². The molecule has 0 aliphatic carbocycles. The number of hydrogen-bond donors (Lipinski definition) is 1. The quantitative estimate of drug-likeness (QED) is 0.226. The largest absolute Gasteiger partial charge is 0.496 e. The van der Waals surface area contributed by atoms with Gasteiger partial charge in [-0.3, -0.25) is 4.79 Å². The minimum atomic E-state index is -4.86. The number of amides is 3. The maximum atomic E-state index is 13.6. The summed E-state index contributed by atoms with van der Waals surface area (Å²) in [6.45, 7) is 8.19. The number of alkyl halides is 3. The summed E-state index contributed by atoms with van der Waals surface area (Å²) in [4.78, 5) is 41.9. The molecule has 9 nitrogen and oxygen atoms in total. The molecule has 0 aromatic heterocycles. The third kappa shape index (κ3) is 6.32. The number of nitriles is 1. The van der Waals surface area contributed by atoms with E-state index in [0.29, 0.717) is 33.7 Å². The number of carbonyl (C=O) groups excluding carboxylic acids is 3. The van der Waals surface area contributed by atoms with Gasteiger partial charge in [-0.25, -0.2) is 14.5 Å². The van der Waals surface area contributed by atoms with Crippen molar-refractivity contribution in [2.45, 2.75) is 58.5 Å². The zero-order valence-electron chi connectivity index (χ0n) is 25.0. The summed E-state index contributed by atoms with van der Waals surface area (Å²) in [5.74, 6) is -0.980. The number of halogens is 3. The van der Waals surface area contributed by atoms with Crippen molar-refractivity contribution in [2.75, 3.05) is 17.3 Å². The van der Waals surface area contributed by atoms with Crippen LogP contribution in [0.5, 0.6) is 5.75 Å². The highest BCUT2D eigenvalue weighted by atomic mass is 19.4. The lowest BCUT2D eigenvalue weighted by Gasteiger charge is -2.28. The van der Waals surface area contributed by atoms with Gasteiger partial charge in [-0.2, -0.15) is 18.4 Å². The van der Waals surface area contributed by atoms with Gasteiger partial charge in [-0.05, 0) is 82.6 Å². The number of hydrogen-bond acceptors (Lipinski definition) is 7. The molecule has 230 valence electrons. The van der Waals surface area contributed by atoms with Gasteiger partial charge in [-0.15, -0.1) is 0 Å². The summed E-state index contributed by atoms with van der Waals surface area (Å²) >= 11 is 0. The van der Waals surface area contributed by atoms with Crippen LogP contribution in [0.3, 0.4) is 0 Å². The minimum absolute atomic E-state index is 0.0747. The standard InChI is InChI=1S/C32H31F3N4O5/c1-30(2,3)44-27(40)23-15-21(12-14-26(23)43-6)37-25-10-8-7-9-20(25)18-38-29(42)39(28(41)31(38,4)5)22-13-11-19(17-36)24(16-22)32(33,34)35/h7-16,37H,18H2,1-6H3. The topological polar surface area (TPSA) is 112 Å². The molecular formula is C32H31F3N4O5. The average Bonchev–Trinajstić information content (AvgIpc) is 3.11. The second-order valence-corrected chi connectivity index (χ2v) is 11.6. The summed E-state index contributed by atoms with van der Waals surface area (Å²) in [6, 6.07) is 15.3. The number of para-hydroxylation sites is 1. The zero-order valence-corrected chi connectivity index (χ0v) is 25.0. The van der Waals surface area contributed by atoms with Crippen LogP contribution in [0.15, 0.2) is 60.7 Å². The minimum Gasteiger partial charge on any atom is -0.496 e. The monoisotopic (exact) mass is 608 g/mol. The van der Waals surface area contributed by atoms with Gasteiger partial charge in [-0.1, -0.05) is 18.2 Å². The van der Waals surface area contributed by atoms with Gasteiger partial charge >= 0.3 is 18.2 Å². The van der Waals surface area contributed by atoms with E-state index < -0.39 is 46.4 Å². The Morgan fingerprint density at radius 3 is 2.32 bits per heavy atom. The van der Waals surface area contributed by atoms with Crippen LogP contribution in [0.1, 0.15) is 61.7 Å². The highest BCUT2D eigenvalue weighted by Gasteiger charge is 2.52. The number of ether oxygens (including phenoxy) is 2. The Labute approximate surface area is 252 Å². The van der Waals surface area contributed by atoms with Crippen molar-refractivity contribution in [1.29, 1.82) is 5.26 Å². The first-order chi connectivity index (χ1) is 20.5. The van der Waals surface area contributed by atoms with E-state index in [9.17, 15) is 27.6 Å². The van der Waals surface area contributed by atoms with Gasteiger partial charge in [0.1, 0.15) is 22.5 Å². The molecule has 0 radical (unpaired) electrons. The molecule has 3 aromatic rings. The summed E-state index contributed by atoms with van der Waals surface area (Å²) in [5, 5.41) is 12.4. The van der Waals surface area contributed by atoms with Gasteiger partial charge in [0.2, 0.25) is 0 Å². The fraction of sp³-hybridized carbons (Fsp3) is 0.312. The van der Waals surface area contributed by atoms with Crippen LogP contribution in [0.4, 0.5) is 35.0 Å². The van der Waals surface area contributed by atoms with Crippen molar-refractivity contribution in [1.82, 2.24) is 4.90 Å². The van der Waals surface area contributed by atoms with Crippen LogP contribution >= 0.6 is 0 Å². The molecule has 0 saturated carbocycles. The molecule has 3 aromatic carbocycles. The van der Waals surface area contributed by atoms with E-state index >= 15 is 0 Å². The fourth-order valence-corrected chi connectivity index (χ4v) is 4.72. The molecule has 1 N–H and O–H groups in total. The molecule has 12 heteroatoms. The Kier molecular flexibility index (Phi) is 8.37. The molecular weight excluding hydrogens is 577 g/mol. The number of anilines is 3. The summed E-state index contributed by atoms with van der Waals surface area (Å²) in [7, 11) is 1.44. The molecule has 0 spiro atoms. The van der Waals surface area contributed by atoms with E-state index in [0.717, 1.165) is 12.1 Å². The summed E-state index contributed by atoms with van der Waals surface area (Å²) in [5.41, 5.74) is -2.44. The molecule has 0 bridgehead atoms. The second kappa shape index (κ2) is 11.6. The smallest absolute Gasteiger partial charge is 0.417 e. The summed E-state index contributed by atoms with van der Waals surface area (Å²) in [6.07, 6.45) is -4.86. The predicted octanol–water partition coefficient (Wildman–Crippen LogP) is 7.03. The van der Waals surface area contributed by atoms with Gasteiger partial charge in [0, 0.05) is 11.4 Å². The Hall–Kier alpha value is -5.05.